The van der Waals surface area contributed by atoms with Crippen molar-refractivity contribution in [3.05, 3.63) is 88.7 Å². The Bertz CT molecular complexity index is 1060. The molecule has 0 saturated carbocycles. The van der Waals surface area contributed by atoms with E-state index in [1.165, 1.54) is 12.3 Å². The molecule has 2 aromatic carbocycles. The van der Waals surface area contributed by atoms with Crippen molar-refractivity contribution >= 4 is 5.91 Å². The molecule has 0 unspecified atom stereocenters. The fourth-order valence-electron chi connectivity index (χ4n) is 2.62. The van der Waals surface area contributed by atoms with E-state index < -0.39 is 17.5 Å². The number of nitriles is 1. The number of carbonyl (C=O) groups excluding carboxylic acids is 1. The van der Waals surface area contributed by atoms with Crippen LogP contribution in [0.5, 0.6) is 11.5 Å². The van der Waals surface area contributed by atoms with Gasteiger partial charge in [0.05, 0.1) is 0 Å². The fraction of sp³-hybridized carbons (Fsp3) is 0.0952. The van der Waals surface area contributed by atoms with Gasteiger partial charge in [-0.15, -0.1) is 0 Å². The summed E-state index contributed by atoms with van der Waals surface area (Å²) in [7, 11) is 0. The first-order valence-electron chi connectivity index (χ1n) is 8.33. The Morgan fingerprint density at radius 1 is 1.18 bits per heavy atom. The molecule has 1 heterocycles. The van der Waals surface area contributed by atoms with Crippen molar-refractivity contribution in [2.45, 2.75) is 13.5 Å². The first kappa shape index (κ1) is 19.0. The smallest absolute Gasteiger partial charge is 0.251 e. The van der Waals surface area contributed by atoms with Crippen LogP contribution in [0.2, 0.25) is 0 Å². The van der Waals surface area contributed by atoms with Crippen LogP contribution < -0.4 is 10.1 Å². The van der Waals surface area contributed by atoms with Gasteiger partial charge in [0.1, 0.15) is 34.9 Å². The molecule has 1 amide bonds. The molecule has 0 radical (unpaired) electrons. The Balaban J connectivity index is 1.76. The van der Waals surface area contributed by atoms with E-state index in [9.17, 15) is 13.6 Å². The summed E-state index contributed by atoms with van der Waals surface area (Å²) in [4.78, 5) is 16.4. The maximum Gasteiger partial charge on any atom is 0.251 e. The van der Waals surface area contributed by atoms with E-state index in [0.29, 0.717) is 28.2 Å². The normalized spacial score (nSPS) is 10.2. The predicted octanol–water partition coefficient (Wildman–Crippen LogP) is 4.26. The highest BCUT2D eigenvalue weighted by molar-refractivity contribution is 5.96. The number of benzene rings is 2. The van der Waals surface area contributed by atoms with E-state index in [2.05, 4.69) is 10.3 Å². The lowest BCUT2D eigenvalue weighted by Gasteiger charge is -2.13. The number of rotatable bonds is 5. The largest absolute Gasteiger partial charge is 0.457 e. The SMILES string of the molecule is Cc1c(Oc2ccnc(C#N)c2)cccc1C(=O)NCc1cc(F)cc(F)c1. The summed E-state index contributed by atoms with van der Waals surface area (Å²) >= 11 is 0. The van der Waals surface area contributed by atoms with E-state index >= 15 is 0 Å². The second-order valence-electron chi connectivity index (χ2n) is 5.98. The Morgan fingerprint density at radius 2 is 1.93 bits per heavy atom. The molecule has 0 fully saturated rings. The highest BCUT2D eigenvalue weighted by Gasteiger charge is 2.13. The van der Waals surface area contributed by atoms with Crippen LogP contribution in [-0.2, 0) is 6.54 Å². The number of hydrogen-bond donors (Lipinski definition) is 1. The van der Waals surface area contributed by atoms with Crippen molar-refractivity contribution in [2.75, 3.05) is 0 Å². The minimum Gasteiger partial charge on any atom is -0.457 e. The topological polar surface area (TPSA) is 75.0 Å². The highest BCUT2D eigenvalue weighted by atomic mass is 19.1. The van der Waals surface area contributed by atoms with Crippen LogP contribution in [-0.4, -0.2) is 10.9 Å². The van der Waals surface area contributed by atoms with E-state index in [0.717, 1.165) is 18.2 Å². The number of ether oxygens (including phenoxy) is 1. The average molecular weight is 379 g/mol. The first-order chi connectivity index (χ1) is 13.5. The van der Waals surface area contributed by atoms with Gasteiger partial charge in [-0.3, -0.25) is 4.79 Å². The molecule has 0 saturated heterocycles. The number of aromatic nitrogens is 1. The summed E-state index contributed by atoms with van der Waals surface area (Å²) in [6, 6.07) is 13.1. The minimum atomic E-state index is -0.704. The molecule has 1 aromatic heterocycles. The zero-order valence-electron chi connectivity index (χ0n) is 14.9. The molecule has 28 heavy (non-hydrogen) atoms. The number of halogens is 2. The summed E-state index contributed by atoms with van der Waals surface area (Å²) in [5, 5.41) is 11.6. The molecule has 7 heteroatoms. The second kappa shape index (κ2) is 8.27. The second-order valence-corrected chi connectivity index (χ2v) is 5.98. The van der Waals surface area contributed by atoms with E-state index in [-0.39, 0.29) is 12.2 Å². The number of nitrogens with zero attached hydrogens (tertiary/aromatic N) is 2. The number of amides is 1. The van der Waals surface area contributed by atoms with Gasteiger partial charge in [0.15, 0.2) is 0 Å². The van der Waals surface area contributed by atoms with Gasteiger partial charge in [-0.1, -0.05) is 6.07 Å². The van der Waals surface area contributed by atoms with Crippen LogP contribution >= 0.6 is 0 Å². The molecule has 0 aliphatic rings. The van der Waals surface area contributed by atoms with Gasteiger partial charge in [-0.05, 0) is 42.8 Å². The quantitative estimate of drug-likeness (QED) is 0.719. The van der Waals surface area contributed by atoms with Gasteiger partial charge in [0.2, 0.25) is 0 Å². The Hall–Kier alpha value is -3.79. The van der Waals surface area contributed by atoms with Crippen LogP contribution in [0.3, 0.4) is 0 Å². The minimum absolute atomic E-state index is 0.0199. The standard InChI is InChI=1S/C21H15F2N3O2/c1-13-19(21(27)26-12-14-7-15(22)9-16(23)8-14)3-2-4-20(13)28-18-5-6-25-17(10-18)11-24/h2-10H,12H2,1H3,(H,26,27). The van der Waals surface area contributed by atoms with Crippen LogP contribution in [0.25, 0.3) is 0 Å². The lowest BCUT2D eigenvalue weighted by Crippen LogP contribution is -2.23. The number of carbonyl (C=O) groups is 1. The van der Waals surface area contributed by atoms with Gasteiger partial charge < -0.3 is 10.1 Å². The third kappa shape index (κ3) is 4.48. The van der Waals surface area contributed by atoms with E-state index in [1.807, 2.05) is 6.07 Å². The maximum atomic E-state index is 13.3. The van der Waals surface area contributed by atoms with Gasteiger partial charge in [0.25, 0.3) is 5.91 Å². The van der Waals surface area contributed by atoms with Crippen molar-refractivity contribution in [2.24, 2.45) is 0 Å². The summed E-state index contributed by atoms with van der Waals surface area (Å²) in [6.45, 7) is 1.70. The van der Waals surface area contributed by atoms with Crippen molar-refractivity contribution < 1.29 is 18.3 Å². The summed E-state index contributed by atoms with van der Waals surface area (Å²) in [5.41, 5.74) is 1.48. The fourth-order valence-corrected chi connectivity index (χ4v) is 2.62. The lowest BCUT2D eigenvalue weighted by atomic mass is 10.1. The molecule has 3 rings (SSSR count). The molecule has 1 N–H and O–H groups in total. The highest BCUT2D eigenvalue weighted by Crippen LogP contribution is 2.27. The molecule has 0 atom stereocenters. The molecule has 140 valence electrons. The average Bonchev–Trinajstić information content (AvgIpc) is 2.67. The zero-order chi connectivity index (χ0) is 20.1. The Kier molecular flexibility index (Phi) is 5.61. The molecule has 0 aliphatic carbocycles. The maximum absolute atomic E-state index is 13.3. The first-order valence-corrected chi connectivity index (χ1v) is 8.33. The predicted molar refractivity (Wildman–Crippen MR) is 97.7 cm³/mol. The van der Waals surface area contributed by atoms with Gasteiger partial charge in [-0.2, -0.15) is 5.26 Å². The summed E-state index contributed by atoms with van der Waals surface area (Å²) in [6.07, 6.45) is 1.46. The van der Waals surface area contributed by atoms with Crippen molar-refractivity contribution in [1.82, 2.24) is 10.3 Å². The summed E-state index contributed by atoms with van der Waals surface area (Å²) in [5.74, 6) is -0.947. The lowest BCUT2D eigenvalue weighted by molar-refractivity contribution is 0.0950. The van der Waals surface area contributed by atoms with Crippen molar-refractivity contribution in [1.29, 1.82) is 5.26 Å². The van der Waals surface area contributed by atoms with Crippen LogP contribution in [0, 0.1) is 29.9 Å². The molecule has 0 bridgehead atoms. The van der Waals surface area contributed by atoms with Crippen molar-refractivity contribution in [3.8, 4) is 17.6 Å². The number of hydrogen-bond acceptors (Lipinski definition) is 4. The van der Waals surface area contributed by atoms with Crippen LogP contribution in [0.4, 0.5) is 8.78 Å². The molecular formula is C21H15F2N3O2. The van der Waals surface area contributed by atoms with Gasteiger partial charge in [0, 0.05) is 36.0 Å². The Morgan fingerprint density at radius 3 is 2.64 bits per heavy atom. The molecule has 0 aliphatic heterocycles. The van der Waals surface area contributed by atoms with Crippen LogP contribution in [0.1, 0.15) is 27.2 Å². The van der Waals surface area contributed by atoms with E-state index in [1.54, 1.807) is 31.2 Å². The molecule has 0 spiro atoms. The molecule has 5 nitrogen and oxygen atoms in total. The molecule has 3 aromatic rings. The van der Waals surface area contributed by atoms with Gasteiger partial charge in [-0.25, -0.2) is 13.8 Å². The third-order valence-corrected chi connectivity index (χ3v) is 3.98. The number of nitrogens with one attached hydrogen (secondary N) is 1. The van der Waals surface area contributed by atoms with Gasteiger partial charge >= 0.3 is 0 Å². The summed E-state index contributed by atoms with van der Waals surface area (Å²) < 4.78 is 32.3. The number of pyridine rings is 1. The zero-order valence-corrected chi connectivity index (χ0v) is 14.9. The monoisotopic (exact) mass is 379 g/mol. The van der Waals surface area contributed by atoms with Crippen molar-refractivity contribution in [3.63, 3.8) is 0 Å². The Labute approximate surface area is 160 Å². The van der Waals surface area contributed by atoms with Crippen LogP contribution in [0.15, 0.2) is 54.7 Å². The van der Waals surface area contributed by atoms with E-state index in [4.69, 9.17) is 10.00 Å². The molecular weight excluding hydrogens is 364 g/mol. The third-order valence-electron chi connectivity index (χ3n) is 3.98.